The molecule has 0 aromatic heterocycles. The molecule has 2 unspecified atom stereocenters. The first kappa shape index (κ1) is 14.8. The van der Waals surface area contributed by atoms with Crippen LogP contribution < -0.4 is 5.32 Å². The summed E-state index contributed by atoms with van der Waals surface area (Å²) in [6, 6.07) is 9.31. The molecule has 0 spiro atoms. The number of hydrogen-bond acceptors (Lipinski definition) is 2. The summed E-state index contributed by atoms with van der Waals surface area (Å²) in [5, 5.41) is 4.45. The maximum Gasteiger partial charge on any atom is 0.0406 e. The average molecular weight is 281 g/mol. The third kappa shape index (κ3) is 3.50. The van der Waals surface area contributed by atoms with Gasteiger partial charge in [0.2, 0.25) is 0 Å². The van der Waals surface area contributed by atoms with E-state index in [1.165, 1.54) is 12.0 Å². The van der Waals surface area contributed by atoms with E-state index in [1.54, 1.807) is 0 Å². The molecule has 1 aromatic carbocycles. The van der Waals surface area contributed by atoms with E-state index >= 15 is 0 Å². The predicted molar refractivity (Wildman–Crippen MR) is 82.7 cm³/mol. The molecule has 2 nitrogen and oxygen atoms in total. The van der Waals surface area contributed by atoms with Crippen LogP contribution in [0.3, 0.4) is 0 Å². The van der Waals surface area contributed by atoms with Gasteiger partial charge in [0, 0.05) is 35.7 Å². The lowest BCUT2D eigenvalue weighted by Crippen LogP contribution is -2.61. The zero-order valence-corrected chi connectivity index (χ0v) is 13.2. The van der Waals surface area contributed by atoms with E-state index < -0.39 is 0 Å². The Morgan fingerprint density at radius 1 is 1.37 bits per heavy atom. The summed E-state index contributed by atoms with van der Waals surface area (Å²) < 4.78 is 0. The van der Waals surface area contributed by atoms with Gasteiger partial charge in [-0.15, -0.1) is 0 Å². The Bertz CT molecular complexity index is 413. The third-order valence-electron chi connectivity index (χ3n) is 4.18. The molecule has 1 aliphatic rings. The van der Waals surface area contributed by atoms with Crippen molar-refractivity contribution in [3.05, 3.63) is 34.9 Å². The molecule has 1 aromatic rings. The predicted octanol–water partition coefficient (Wildman–Crippen LogP) is 3.86. The molecule has 0 bridgehead atoms. The van der Waals surface area contributed by atoms with Crippen LogP contribution >= 0.6 is 11.6 Å². The van der Waals surface area contributed by atoms with E-state index in [0.717, 1.165) is 18.1 Å². The molecular formula is C16H25ClN2. The lowest BCUT2D eigenvalue weighted by Gasteiger charge is -2.47. The molecule has 2 rings (SSSR count). The number of halogens is 1. The minimum Gasteiger partial charge on any atom is -0.309 e. The minimum absolute atomic E-state index is 0.187. The molecule has 1 aliphatic heterocycles. The maximum atomic E-state index is 5.98. The molecule has 0 saturated carbocycles. The normalized spacial score (nSPS) is 25.2. The fourth-order valence-electron chi connectivity index (χ4n) is 2.92. The fourth-order valence-corrected chi connectivity index (χ4v) is 3.04. The lowest BCUT2D eigenvalue weighted by molar-refractivity contribution is 0.0580. The van der Waals surface area contributed by atoms with Crippen LogP contribution in [0, 0.1) is 0 Å². The van der Waals surface area contributed by atoms with Gasteiger partial charge in [-0.3, -0.25) is 4.90 Å². The summed E-state index contributed by atoms with van der Waals surface area (Å²) in [5.74, 6) is 0. The van der Waals surface area contributed by atoms with Gasteiger partial charge in [0.1, 0.15) is 0 Å². The molecule has 0 radical (unpaired) electrons. The van der Waals surface area contributed by atoms with Gasteiger partial charge in [-0.1, -0.05) is 30.7 Å². The number of nitrogens with zero attached hydrogens (tertiary/aromatic N) is 1. The molecule has 106 valence electrons. The molecule has 0 amide bonds. The average Bonchev–Trinajstić information content (AvgIpc) is 2.38. The van der Waals surface area contributed by atoms with Gasteiger partial charge in [-0.2, -0.15) is 0 Å². The Labute approximate surface area is 122 Å². The van der Waals surface area contributed by atoms with Crippen LogP contribution in [-0.4, -0.2) is 29.6 Å². The highest BCUT2D eigenvalue weighted by atomic mass is 35.5. The third-order valence-corrected chi connectivity index (χ3v) is 4.44. The summed E-state index contributed by atoms with van der Waals surface area (Å²) >= 11 is 5.98. The van der Waals surface area contributed by atoms with Gasteiger partial charge in [-0.05, 0) is 44.9 Å². The standard InChI is InChI=1S/C16H25ClN2/c1-5-15-10-18-16(3,4)11-19(15)12(2)13-6-8-14(17)9-7-13/h6-9,12,15,18H,5,10-11H2,1-4H3. The van der Waals surface area contributed by atoms with E-state index in [1.807, 2.05) is 12.1 Å². The molecule has 1 heterocycles. The van der Waals surface area contributed by atoms with E-state index in [-0.39, 0.29) is 5.54 Å². The lowest BCUT2D eigenvalue weighted by atomic mass is 9.94. The first-order valence-electron chi connectivity index (χ1n) is 7.19. The van der Waals surface area contributed by atoms with Gasteiger partial charge < -0.3 is 5.32 Å². The van der Waals surface area contributed by atoms with E-state index in [4.69, 9.17) is 11.6 Å². The van der Waals surface area contributed by atoms with Crippen LogP contribution in [-0.2, 0) is 0 Å². The van der Waals surface area contributed by atoms with E-state index in [9.17, 15) is 0 Å². The van der Waals surface area contributed by atoms with Crippen LogP contribution in [0.15, 0.2) is 24.3 Å². The van der Waals surface area contributed by atoms with Crippen molar-refractivity contribution in [2.75, 3.05) is 13.1 Å². The van der Waals surface area contributed by atoms with Crippen molar-refractivity contribution < 1.29 is 0 Å². The van der Waals surface area contributed by atoms with Gasteiger partial charge in [-0.25, -0.2) is 0 Å². The smallest absolute Gasteiger partial charge is 0.0406 e. The summed E-state index contributed by atoms with van der Waals surface area (Å²) in [6.45, 7) is 11.3. The highest BCUT2D eigenvalue weighted by Gasteiger charge is 2.34. The Hall–Kier alpha value is -0.570. The van der Waals surface area contributed by atoms with E-state index in [0.29, 0.717) is 12.1 Å². The quantitative estimate of drug-likeness (QED) is 0.904. The second-order valence-electron chi connectivity index (χ2n) is 6.23. The van der Waals surface area contributed by atoms with Gasteiger partial charge in [0.25, 0.3) is 0 Å². The first-order valence-corrected chi connectivity index (χ1v) is 7.57. The van der Waals surface area contributed by atoms with Crippen LogP contribution in [0.25, 0.3) is 0 Å². The number of hydrogen-bond donors (Lipinski definition) is 1. The summed E-state index contributed by atoms with van der Waals surface area (Å²) in [4.78, 5) is 2.62. The van der Waals surface area contributed by atoms with Crippen LogP contribution in [0.5, 0.6) is 0 Å². The monoisotopic (exact) mass is 280 g/mol. The van der Waals surface area contributed by atoms with Crippen LogP contribution in [0.2, 0.25) is 5.02 Å². The van der Waals surface area contributed by atoms with Crippen molar-refractivity contribution >= 4 is 11.6 Å². The van der Waals surface area contributed by atoms with E-state index in [2.05, 4.69) is 50.0 Å². The molecular weight excluding hydrogens is 256 g/mol. The largest absolute Gasteiger partial charge is 0.309 e. The SMILES string of the molecule is CCC1CNC(C)(C)CN1C(C)c1ccc(Cl)cc1. The second kappa shape index (κ2) is 5.82. The van der Waals surface area contributed by atoms with Gasteiger partial charge in [0.15, 0.2) is 0 Å². The van der Waals surface area contributed by atoms with Crippen LogP contribution in [0.4, 0.5) is 0 Å². The molecule has 0 aliphatic carbocycles. The molecule has 19 heavy (non-hydrogen) atoms. The molecule has 3 heteroatoms. The van der Waals surface area contributed by atoms with Gasteiger partial charge >= 0.3 is 0 Å². The second-order valence-corrected chi connectivity index (χ2v) is 6.66. The summed E-state index contributed by atoms with van der Waals surface area (Å²) in [6.07, 6.45) is 1.18. The van der Waals surface area contributed by atoms with Crippen molar-refractivity contribution in [2.24, 2.45) is 0 Å². The molecule has 1 fully saturated rings. The zero-order chi connectivity index (χ0) is 14.0. The molecule has 2 atom stereocenters. The summed E-state index contributed by atoms with van der Waals surface area (Å²) in [7, 11) is 0. The topological polar surface area (TPSA) is 15.3 Å². The zero-order valence-electron chi connectivity index (χ0n) is 12.4. The number of nitrogens with one attached hydrogen (secondary N) is 1. The highest BCUT2D eigenvalue weighted by molar-refractivity contribution is 6.30. The Morgan fingerprint density at radius 2 is 2.00 bits per heavy atom. The van der Waals surface area contributed by atoms with Crippen molar-refractivity contribution in [3.8, 4) is 0 Å². The fraction of sp³-hybridized carbons (Fsp3) is 0.625. The van der Waals surface area contributed by atoms with Crippen molar-refractivity contribution in [1.29, 1.82) is 0 Å². The molecule has 1 N–H and O–H groups in total. The maximum absolute atomic E-state index is 5.98. The number of benzene rings is 1. The Balaban J connectivity index is 2.19. The van der Waals surface area contributed by atoms with Crippen molar-refractivity contribution in [3.63, 3.8) is 0 Å². The van der Waals surface area contributed by atoms with Gasteiger partial charge in [0.05, 0.1) is 0 Å². The Morgan fingerprint density at radius 3 is 2.58 bits per heavy atom. The first-order chi connectivity index (χ1) is 8.93. The number of rotatable bonds is 3. The van der Waals surface area contributed by atoms with Crippen molar-refractivity contribution in [2.45, 2.75) is 51.7 Å². The molecule has 1 saturated heterocycles. The minimum atomic E-state index is 0.187. The van der Waals surface area contributed by atoms with Crippen LogP contribution in [0.1, 0.15) is 45.7 Å². The number of piperazine rings is 1. The highest BCUT2D eigenvalue weighted by Crippen LogP contribution is 2.29. The Kier molecular flexibility index (Phi) is 4.54. The summed E-state index contributed by atoms with van der Waals surface area (Å²) in [5.41, 5.74) is 1.53. The van der Waals surface area contributed by atoms with Crippen molar-refractivity contribution in [1.82, 2.24) is 10.2 Å².